The number of aliphatic imine (C=N–C) groups is 1. The van der Waals surface area contributed by atoms with Crippen LogP contribution in [0.3, 0.4) is 0 Å². The molecular weight excluding hydrogens is 416 g/mol. The highest BCUT2D eigenvalue weighted by molar-refractivity contribution is 6.32. The van der Waals surface area contributed by atoms with Crippen molar-refractivity contribution in [3.05, 3.63) is 41.3 Å². The van der Waals surface area contributed by atoms with Crippen molar-refractivity contribution in [2.24, 2.45) is 22.6 Å². The lowest BCUT2D eigenvalue weighted by atomic mass is 9.99. The van der Waals surface area contributed by atoms with Gasteiger partial charge in [-0.15, -0.1) is 0 Å². The average Bonchev–Trinajstić information content (AvgIpc) is 2.80. The first-order valence-corrected chi connectivity index (χ1v) is 11.1. The first-order valence-electron chi connectivity index (χ1n) is 10.7. The Kier molecular flexibility index (Phi) is 8.87. The van der Waals surface area contributed by atoms with Crippen molar-refractivity contribution in [3.63, 3.8) is 0 Å². The monoisotopic (exact) mass is 446 g/mol. The van der Waals surface area contributed by atoms with Crippen molar-refractivity contribution in [2.45, 2.75) is 25.7 Å². The normalized spacial score (nSPS) is 22.3. The summed E-state index contributed by atoms with van der Waals surface area (Å²) >= 11 is 6.25. The molecule has 0 saturated carbocycles. The van der Waals surface area contributed by atoms with E-state index in [0.717, 1.165) is 52.0 Å². The van der Waals surface area contributed by atoms with E-state index >= 15 is 0 Å². The molecule has 0 spiro atoms. The van der Waals surface area contributed by atoms with E-state index in [9.17, 15) is 4.79 Å². The van der Waals surface area contributed by atoms with Gasteiger partial charge in [0.25, 0.3) is 0 Å². The molecule has 2 aliphatic rings. The highest BCUT2D eigenvalue weighted by Crippen LogP contribution is 2.23. The van der Waals surface area contributed by atoms with Gasteiger partial charge < -0.3 is 26.4 Å². The number of amides is 1. The van der Waals surface area contributed by atoms with Crippen molar-refractivity contribution < 1.29 is 9.53 Å². The summed E-state index contributed by atoms with van der Waals surface area (Å²) in [4.78, 5) is 20.9. The third-order valence-corrected chi connectivity index (χ3v) is 5.70. The van der Waals surface area contributed by atoms with Crippen LogP contribution in [0.25, 0.3) is 5.70 Å². The number of nitrogens with two attached hydrogens (primary N) is 1. The molecule has 1 amide bonds. The number of aromatic nitrogens is 1. The van der Waals surface area contributed by atoms with E-state index in [1.54, 1.807) is 12.3 Å². The molecule has 1 unspecified atom stereocenters. The number of halogens is 1. The second-order valence-electron chi connectivity index (χ2n) is 7.93. The summed E-state index contributed by atoms with van der Waals surface area (Å²) in [6, 6.07) is 1.66. The zero-order chi connectivity index (χ0) is 22.1. The van der Waals surface area contributed by atoms with Gasteiger partial charge in [-0.3, -0.25) is 9.79 Å². The van der Waals surface area contributed by atoms with Crippen molar-refractivity contribution in [2.75, 3.05) is 38.2 Å². The molecule has 1 aromatic rings. The molecule has 9 heteroatoms. The van der Waals surface area contributed by atoms with Gasteiger partial charge in [0.15, 0.2) is 0 Å². The molecule has 2 saturated heterocycles. The lowest BCUT2D eigenvalue weighted by Gasteiger charge is -2.22. The van der Waals surface area contributed by atoms with Crippen LogP contribution in [-0.4, -0.2) is 50.0 Å². The number of nitrogens with one attached hydrogen (secondary N) is 3. The van der Waals surface area contributed by atoms with Crippen LogP contribution in [0.2, 0.25) is 5.02 Å². The van der Waals surface area contributed by atoms with Gasteiger partial charge in [-0.1, -0.05) is 18.2 Å². The zero-order valence-electron chi connectivity index (χ0n) is 17.7. The van der Waals surface area contributed by atoms with Gasteiger partial charge in [-0.2, -0.15) is 0 Å². The second kappa shape index (κ2) is 11.8. The van der Waals surface area contributed by atoms with Gasteiger partial charge in [0, 0.05) is 43.4 Å². The molecular formula is C22H31ClN6O2. The van der Waals surface area contributed by atoms with E-state index < -0.39 is 0 Å². The van der Waals surface area contributed by atoms with E-state index in [0.29, 0.717) is 40.3 Å². The molecule has 31 heavy (non-hydrogen) atoms. The molecule has 0 radical (unpaired) electrons. The largest absolute Gasteiger partial charge is 0.397 e. The number of carbonyl (C=O) groups excluding carboxylic acids is 1. The number of pyridine rings is 1. The highest BCUT2D eigenvalue weighted by atomic mass is 35.5. The maximum atomic E-state index is 12.4. The smallest absolute Gasteiger partial charge is 0.229 e. The lowest BCUT2D eigenvalue weighted by Crippen LogP contribution is -2.37. The van der Waals surface area contributed by atoms with Gasteiger partial charge in [-0.05, 0) is 44.2 Å². The maximum absolute atomic E-state index is 12.4. The predicted molar refractivity (Wildman–Crippen MR) is 125 cm³/mol. The Labute approximate surface area is 188 Å². The Morgan fingerprint density at radius 1 is 1.45 bits per heavy atom. The molecule has 8 nitrogen and oxygen atoms in total. The Balaban J connectivity index is 1.55. The van der Waals surface area contributed by atoms with Crippen LogP contribution in [0.1, 0.15) is 31.2 Å². The molecule has 2 atom stereocenters. The number of nitrogens with zero attached hydrogens (tertiary/aromatic N) is 2. The van der Waals surface area contributed by atoms with E-state index in [1.807, 2.05) is 0 Å². The number of rotatable bonds is 8. The highest BCUT2D eigenvalue weighted by Gasteiger charge is 2.21. The summed E-state index contributed by atoms with van der Waals surface area (Å²) < 4.78 is 5.48. The molecule has 1 aromatic heterocycles. The topological polar surface area (TPSA) is 114 Å². The minimum Gasteiger partial charge on any atom is -0.397 e. The summed E-state index contributed by atoms with van der Waals surface area (Å²) in [5.41, 5.74) is 7.79. The van der Waals surface area contributed by atoms with E-state index in [2.05, 4.69) is 32.5 Å². The van der Waals surface area contributed by atoms with Crippen LogP contribution in [0, 0.1) is 11.8 Å². The summed E-state index contributed by atoms with van der Waals surface area (Å²) in [6.45, 7) is 8.02. The van der Waals surface area contributed by atoms with Crippen LogP contribution < -0.4 is 21.7 Å². The summed E-state index contributed by atoms with van der Waals surface area (Å²) in [5.74, 6) is 0.786. The van der Waals surface area contributed by atoms with Gasteiger partial charge in [0.1, 0.15) is 5.82 Å². The fourth-order valence-electron chi connectivity index (χ4n) is 3.60. The Morgan fingerprint density at radius 3 is 3.06 bits per heavy atom. The van der Waals surface area contributed by atoms with Crippen LogP contribution in [-0.2, 0) is 9.53 Å². The van der Waals surface area contributed by atoms with Crippen LogP contribution in [0.4, 0.5) is 5.82 Å². The summed E-state index contributed by atoms with van der Waals surface area (Å²) in [6.07, 6.45) is 8.70. The van der Waals surface area contributed by atoms with E-state index in [1.165, 1.54) is 12.4 Å². The molecule has 2 fully saturated rings. The third kappa shape index (κ3) is 7.34. The van der Waals surface area contributed by atoms with Crippen LogP contribution in [0.5, 0.6) is 0 Å². The van der Waals surface area contributed by atoms with E-state index in [4.69, 9.17) is 22.1 Å². The number of allylic oxidation sites excluding steroid dienone is 1. The quantitative estimate of drug-likeness (QED) is 0.456. The number of piperidine rings is 1. The Hall–Kier alpha value is -2.42. The molecule has 168 valence electrons. The van der Waals surface area contributed by atoms with Crippen molar-refractivity contribution >= 4 is 35.2 Å². The Morgan fingerprint density at radius 2 is 2.32 bits per heavy atom. The minimum atomic E-state index is -0.0640. The molecule has 3 rings (SSSR count). The van der Waals surface area contributed by atoms with Crippen molar-refractivity contribution in [1.82, 2.24) is 15.6 Å². The number of anilines is 1. The average molecular weight is 447 g/mol. The van der Waals surface area contributed by atoms with Crippen molar-refractivity contribution in [3.8, 4) is 0 Å². The van der Waals surface area contributed by atoms with Gasteiger partial charge in [-0.25, -0.2) is 4.98 Å². The van der Waals surface area contributed by atoms with Crippen LogP contribution in [0.15, 0.2) is 35.7 Å². The Bertz CT molecular complexity index is 829. The third-order valence-electron chi connectivity index (χ3n) is 5.40. The van der Waals surface area contributed by atoms with Gasteiger partial charge in [0.2, 0.25) is 5.91 Å². The summed E-state index contributed by atoms with van der Waals surface area (Å²) in [7, 11) is 0. The number of ether oxygens (including phenoxy) is 1. The lowest BCUT2D eigenvalue weighted by molar-refractivity contribution is -0.120. The van der Waals surface area contributed by atoms with Crippen LogP contribution >= 0.6 is 11.6 Å². The van der Waals surface area contributed by atoms with E-state index in [-0.39, 0.29) is 11.8 Å². The summed E-state index contributed by atoms with van der Waals surface area (Å²) in [5, 5.41) is 9.73. The fourth-order valence-corrected chi connectivity index (χ4v) is 3.81. The molecule has 3 heterocycles. The SMILES string of the molecule is C=C(/C=N\C=C(/N)c1cc(NC(=O)[C@@H]2CCCNC2)ncc1Cl)NCC1CCCOC1. The molecule has 0 aliphatic carbocycles. The molecule has 5 N–H and O–H groups in total. The number of hydrogen-bond donors (Lipinski definition) is 4. The first-order chi connectivity index (χ1) is 15.0. The van der Waals surface area contributed by atoms with Crippen molar-refractivity contribution in [1.29, 1.82) is 0 Å². The first kappa shape index (κ1) is 23.2. The second-order valence-corrected chi connectivity index (χ2v) is 8.34. The fraction of sp³-hybridized carbons (Fsp3) is 0.500. The molecule has 0 aromatic carbocycles. The maximum Gasteiger partial charge on any atom is 0.229 e. The van der Waals surface area contributed by atoms with Gasteiger partial charge in [0.05, 0.1) is 29.4 Å². The minimum absolute atomic E-state index is 0.0562. The number of hydrogen-bond acceptors (Lipinski definition) is 7. The standard InChI is InChI=1S/C22H31ClN6O2/c1-15(27-10-16-4-3-7-31-14-16)9-26-13-20(24)18-8-21(28-12-19(18)23)29-22(30)17-5-2-6-25-11-17/h8-9,12-13,16-17,25,27H,1-7,10-11,14,24H2,(H,28,29,30)/b20-13-,26-9-/t16?,17-/m1/s1. The molecule has 0 bridgehead atoms. The molecule has 2 aliphatic heterocycles. The number of carbonyl (C=O) groups is 1. The predicted octanol–water partition coefficient (Wildman–Crippen LogP) is 2.53. The van der Waals surface area contributed by atoms with Gasteiger partial charge >= 0.3 is 0 Å². The zero-order valence-corrected chi connectivity index (χ0v) is 18.5.